The molecule has 2 N–H and O–H groups in total. The molecular weight excluding hydrogens is 456 g/mol. The number of carboxylic acids is 1. The van der Waals surface area contributed by atoms with E-state index in [9.17, 15) is 24.3 Å². The van der Waals surface area contributed by atoms with Crippen molar-refractivity contribution in [3.63, 3.8) is 0 Å². The molecule has 0 aromatic heterocycles. The molecule has 3 rings (SSSR count). The SMILES string of the molecule is C/C(=C\CC[C@@H](C)C(=O)CC[C@]1(C)C(=O)CC[C@@H]2[C@@]3(C)CCC(=O)C(C)(C)[C@@H]3C[C@@H](O)[C@]21C)C(=O)O. The van der Waals surface area contributed by atoms with Crippen molar-refractivity contribution in [2.45, 2.75) is 112 Å². The predicted octanol–water partition coefficient (Wildman–Crippen LogP) is 5.55. The van der Waals surface area contributed by atoms with Crippen LogP contribution in [0.2, 0.25) is 0 Å². The van der Waals surface area contributed by atoms with Gasteiger partial charge in [-0.1, -0.05) is 47.6 Å². The standard InChI is InChI=1S/C30H46O6/c1-18(9-8-10-19(2)26(35)36)20(31)13-16-29(6)24(33)12-11-21-28(5)15-14-23(32)27(3,4)22(28)17-25(34)30(21,29)7/h10,18,21-22,25,34H,8-9,11-17H2,1-7H3,(H,35,36)/b19-10+/t18-,21-,22+,25-,28-,29-,30+/m1/s1. The maximum Gasteiger partial charge on any atom is 0.330 e. The molecule has 36 heavy (non-hydrogen) atoms. The van der Waals surface area contributed by atoms with Gasteiger partial charge in [-0.3, -0.25) is 14.4 Å². The smallest absolute Gasteiger partial charge is 0.330 e. The van der Waals surface area contributed by atoms with E-state index in [0.29, 0.717) is 38.5 Å². The zero-order chi connectivity index (χ0) is 27.3. The van der Waals surface area contributed by atoms with Crippen LogP contribution in [-0.2, 0) is 19.2 Å². The van der Waals surface area contributed by atoms with Gasteiger partial charge in [0.2, 0.25) is 0 Å². The highest BCUT2D eigenvalue weighted by Gasteiger charge is 2.69. The van der Waals surface area contributed by atoms with E-state index < -0.39 is 28.3 Å². The van der Waals surface area contributed by atoms with Crippen LogP contribution in [0, 0.1) is 39.4 Å². The molecule has 7 atom stereocenters. The summed E-state index contributed by atoms with van der Waals surface area (Å²) in [4.78, 5) is 50.4. The Kier molecular flexibility index (Phi) is 7.83. The molecule has 3 fully saturated rings. The maximum atomic E-state index is 13.5. The summed E-state index contributed by atoms with van der Waals surface area (Å²) in [7, 11) is 0. The highest BCUT2D eigenvalue weighted by Crippen LogP contribution is 2.70. The Morgan fingerprint density at radius 3 is 2.31 bits per heavy atom. The molecule has 0 unspecified atom stereocenters. The van der Waals surface area contributed by atoms with Crippen LogP contribution in [0.15, 0.2) is 11.6 Å². The number of rotatable bonds is 8. The number of ketones is 3. The van der Waals surface area contributed by atoms with Crippen LogP contribution in [0.5, 0.6) is 0 Å². The van der Waals surface area contributed by atoms with Crippen molar-refractivity contribution in [3.8, 4) is 0 Å². The number of Topliss-reactive ketones (excluding diaryl/α,β-unsaturated/α-hetero) is 3. The number of hydrogen-bond donors (Lipinski definition) is 2. The molecular formula is C30H46O6. The third kappa shape index (κ3) is 4.41. The van der Waals surface area contributed by atoms with Crippen molar-refractivity contribution in [2.24, 2.45) is 39.4 Å². The van der Waals surface area contributed by atoms with E-state index in [1.165, 1.54) is 0 Å². The molecule has 0 heterocycles. The molecule has 0 amide bonds. The fraction of sp³-hybridized carbons (Fsp3) is 0.800. The average molecular weight is 503 g/mol. The van der Waals surface area contributed by atoms with Crippen LogP contribution < -0.4 is 0 Å². The minimum atomic E-state index is -0.951. The van der Waals surface area contributed by atoms with Gasteiger partial charge in [0.15, 0.2) is 0 Å². The van der Waals surface area contributed by atoms with Crippen molar-refractivity contribution in [1.29, 1.82) is 0 Å². The fourth-order valence-electron chi connectivity index (χ4n) is 8.32. The first kappa shape index (κ1) is 28.7. The van der Waals surface area contributed by atoms with Crippen molar-refractivity contribution in [2.75, 3.05) is 0 Å². The third-order valence-corrected chi connectivity index (χ3v) is 11.2. The second-order valence-electron chi connectivity index (χ2n) is 13.2. The van der Waals surface area contributed by atoms with Gasteiger partial charge in [0.25, 0.3) is 0 Å². The van der Waals surface area contributed by atoms with Crippen LogP contribution in [0.25, 0.3) is 0 Å². The lowest BCUT2D eigenvalue weighted by Gasteiger charge is -2.68. The largest absolute Gasteiger partial charge is 0.478 e. The van der Waals surface area contributed by atoms with Crippen molar-refractivity contribution in [3.05, 3.63) is 11.6 Å². The molecule has 202 valence electrons. The number of carbonyl (C=O) groups excluding carboxylic acids is 3. The molecule has 0 radical (unpaired) electrons. The van der Waals surface area contributed by atoms with Crippen LogP contribution in [-0.4, -0.2) is 39.6 Å². The lowest BCUT2D eigenvalue weighted by molar-refractivity contribution is -0.231. The van der Waals surface area contributed by atoms with E-state index in [-0.39, 0.29) is 52.5 Å². The van der Waals surface area contributed by atoms with E-state index in [1.54, 1.807) is 13.0 Å². The van der Waals surface area contributed by atoms with Crippen molar-refractivity contribution in [1.82, 2.24) is 0 Å². The lowest BCUT2D eigenvalue weighted by atomic mass is 9.35. The zero-order valence-electron chi connectivity index (χ0n) is 23.3. The Labute approximate surface area is 216 Å². The monoisotopic (exact) mass is 502 g/mol. The molecule has 3 saturated carbocycles. The van der Waals surface area contributed by atoms with E-state index >= 15 is 0 Å². The number of aliphatic hydroxyl groups excluding tert-OH is 1. The molecule has 0 saturated heterocycles. The first-order chi connectivity index (χ1) is 16.5. The predicted molar refractivity (Wildman–Crippen MR) is 138 cm³/mol. The number of aliphatic hydroxyl groups is 1. The minimum absolute atomic E-state index is 0.0701. The summed E-state index contributed by atoms with van der Waals surface area (Å²) in [5.41, 5.74) is -1.83. The van der Waals surface area contributed by atoms with Crippen LogP contribution in [0.1, 0.15) is 106 Å². The van der Waals surface area contributed by atoms with E-state index in [2.05, 4.69) is 13.8 Å². The molecule has 0 spiro atoms. The summed E-state index contributed by atoms with van der Waals surface area (Å²) in [5.74, 6) is -0.524. The highest BCUT2D eigenvalue weighted by molar-refractivity contribution is 5.89. The Morgan fingerprint density at radius 1 is 1.06 bits per heavy atom. The van der Waals surface area contributed by atoms with Gasteiger partial charge in [-0.15, -0.1) is 0 Å². The second-order valence-corrected chi connectivity index (χ2v) is 13.2. The van der Waals surface area contributed by atoms with Gasteiger partial charge in [-0.25, -0.2) is 4.79 Å². The Morgan fingerprint density at radius 2 is 1.69 bits per heavy atom. The van der Waals surface area contributed by atoms with Gasteiger partial charge < -0.3 is 10.2 Å². The highest BCUT2D eigenvalue weighted by atomic mass is 16.4. The summed E-state index contributed by atoms with van der Waals surface area (Å²) < 4.78 is 0. The Hall–Kier alpha value is -1.82. The van der Waals surface area contributed by atoms with Crippen LogP contribution in [0.4, 0.5) is 0 Å². The third-order valence-electron chi connectivity index (χ3n) is 11.2. The van der Waals surface area contributed by atoms with Crippen molar-refractivity contribution >= 4 is 23.3 Å². The zero-order valence-corrected chi connectivity index (χ0v) is 23.3. The number of hydrogen-bond acceptors (Lipinski definition) is 5. The second kappa shape index (κ2) is 9.81. The van der Waals surface area contributed by atoms with E-state index in [1.807, 2.05) is 27.7 Å². The Balaban J connectivity index is 1.82. The van der Waals surface area contributed by atoms with Crippen molar-refractivity contribution < 1.29 is 29.4 Å². The normalized spacial score (nSPS) is 39.2. The summed E-state index contributed by atoms with van der Waals surface area (Å²) in [5, 5.41) is 20.7. The molecule has 6 nitrogen and oxygen atoms in total. The summed E-state index contributed by atoms with van der Waals surface area (Å²) in [6.07, 6.45) is 5.71. The number of aliphatic carboxylic acids is 1. The van der Waals surface area contributed by atoms with E-state index in [0.717, 1.165) is 12.8 Å². The molecule has 0 aromatic rings. The van der Waals surface area contributed by atoms with Gasteiger partial charge in [-0.05, 0) is 62.7 Å². The number of carboxylic acid groups (broad SMARTS) is 1. The number of fused-ring (bicyclic) bond motifs is 3. The van der Waals surface area contributed by atoms with Gasteiger partial charge in [0, 0.05) is 47.0 Å². The molecule has 3 aliphatic rings. The molecule has 0 aromatic carbocycles. The molecule has 0 bridgehead atoms. The average Bonchev–Trinajstić information content (AvgIpc) is 2.80. The first-order valence-corrected chi connectivity index (χ1v) is 13.7. The summed E-state index contributed by atoms with van der Waals surface area (Å²) in [6, 6.07) is 0. The van der Waals surface area contributed by atoms with E-state index in [4.69, 9.17) is 5.11 Å². The van der Waals surface area contributed by atoms with Crippen LogP contribution >= 0.6 is 0 Å². The van der Waals surface area contributed by atoms with Crippen LogP contribution in [0.3, 0.4) is 0 Å². The molecule has 0 aliphatic heterocycles. The Bertz CT molecular complexity index is 962. The van der Waals surface area contributed by atoms with Gasteiger partial charge in [0.05, 0.1) is 6.10 Å². The molecule has 3 aliphatic carbocycles. The minimum Gasteiger partial charge on any atom is -0.478 e. The fourth-order valence-corrected chi connectivity index (χ4v) is 8.32. The quantitative estimate of drug-likeness (QED) is 0.421. The number of allylic oxidation sites excluding steroid dienone is 1. The summed E-state index contributed by atoms with van der Waals surface area (Å²) in [6.45, 7) is 13.8. The maximum absolute atomic E-state index is 13.5. The number of carbonyl (C=O) groups is 4. The topological polar surface area (TPSA) is 109 Å². The first-order valence-electron chi connectivity index (χ1n) is 13.7. The molecule has 6 heteroatoms. The van der Waals surface area contributed by atoms with Gasteiger partial charge in [0.1, 0.15) is 17.3 Å². The summed E-state index contributed by atoms with van der Waals surface area (Å²) >= 11 is 0. The van der Waals surface area contributed by atoms with Gasteiger partial charge in [-0.2, -0.15) is 0 Å². The lowest BCUT2D eigenvalue weighted by Crippen LogP contribution is -2.68. The van der Waals surface area contributed by atoms with Gasteiger partial charge >= 0.3 is 5.97 Å².